The monoisotopic (exact) mass is 360 g/mol. The van der Waals surface area contributed by atoms with Crippen LogP contribution in [0.25, 0.3) is 34.0 Å². The molecule has 1 heterocycles. The molecule has 0 bridgehead atoms. The second-order valence-corrected chi connectivity index (χ2v) is 6.97. The van der Waals surface area contributed by atoms with E-state index >= 15 is 0 Å². The van der Waals surface area contributed by atoms with Gasteiger partial charge in [0.15, 0.2) is 0 Å². The topological polar surface area (TPSA) is 17.8 Å². The largest absolute Gasteiger partial charge is 0.320 e. The van der Waals surface area contributed by atoms with E-state index in [0.717, 1.165) is 23.4 Å². The zero-order valence-corrected chi connectivity index (χ0v) is 15.5. The molecule has 5 aromatic rings. The molecule has 0 aliphatic heterocycles. The summed E-state index contributed by atoms with van der Waals surface area (Å²) in [6.45, 7) is 0.791. The fourth-order valence-corrected chi connectivity index (χ4v) is 3.64. The van der Waals surface area contributed by atoms with Crippen molar-refractivity contribution in [1.82, 2.24) is 9.55 Å². The van der Waals surface area contributed by atoms with Crippen molar-refractivity contribution in [3.05, 3.63) is 114 Å². The van der Waals surface area contributed by atoms with Crippen molar-refractivity contribution < 1.29 is 0 Å². The van der Waals surface area contributed by atoms with Gasteiger partial charge in [0.2, 0.25) is 0 Å². The third kappa shape index (κ3) is 3.21. The Labute approximate surface area is 164 Å². The van der Waals surface area contributed by atoms with Crippen molar-refractivity contribution in [3.8, 4) is 0 Å². The van der Waals surface area contributed by atoms with Gasteiger partial charge < -0.3 is 4.57 Å². The van der Waals surface area contributed by atoms with Gasteiger partial charge in [0, 0.05) is 6.54 Å². The van der Waals surface area contributed by atoms with Crippen LogP contribution in [0.5, 0.6) is 0 Å². The molecule has 5 rings (SSSR count). The van der Waals surface area contributed by atoms with E-state index in [2.05, 4.69) is 102 Å². The first kappa shape index (κ1) is 16.5. The van der Waals surface area contributed by atoms with Crippen molar-refractivity contribution in [3.63, 3.8) is 0 Å². The van der Waals surface area contributed by atoms with E-state index in [4.69, 9.17) is 4.98 Å². The summed E-state index contributed by atoms with van der Waals surface area (Å²) in [4.78, 5) is 4.86. The number of fused-ring (bicyclic) bond motifs is 2. The molecule has 0 aliphatic rings. The Bertz CT molecular complexity index is 1280. The number of para-hydroxylation sites is 2. The van der Waals surface area contributed by atoms with Crippen molar-refractivity contribution in [2.45, 2.75) is 6.54 Å². The molecule has 2 heteroatoms. The fraction of sp³-hybridized carbons (Fsp3) is 0.0385. The standard InChI is InChI=1S/C26H20N2/c1-2-8-20(9-3-1)15-17-26-27-24-12-6-7-13-25(24)28(26)19-21-14-16-22-10-4-5-11-23(22)18-21/h1-18H,19H2. The highest BCUT2D eigenvalue weighted by atomic mass is 15.1. The zero-order chi connectivity index (χ0) is 18.8. The molecule has 0 unspecified atom stereocenters. The highest BCUT2D eigenvalue weighted by Crippen LogP contribution is 2.22. The van der Waals surface area contributed by atoms with Gasteiger partial charge in [-0.25, -0.2) is 4.98 Å². The van der Waals surface area contributed by atoms with Gasteiger partial charge in [-0.2, -0.15) is 0 Å². The molecule has 1 aromatic heterocycles. The molecule has 28 heavy (non-hydrogen) atoms. The lowest BCUT2D eigenvalue weighted by atomic mass is 10.1. The van der Waals surface area contributed by atoms with Gasteiger partial charge in [0.1, 0.15) is 5.82 Å². The number of hydrogen-bond donors (Lipinski definition) is 0. The van der Waals surface area contributed by atoms with E-state index in [0.29, 0.717) is 0 Å². The van der Waals surface area contributed by atoms with Crippen molar-refractivity contribution >= 4 is 34.0 Å². The molecule has 0 atom stereocenters. The van der Waals surface area contributed by atoms with Crippen LogP contribution in [-0.4, -0.2) is 9.55 Å². The Kier molecular flexibility index (Phi) is 4.23. The van der Waals surface area contributed by atoms with E-state index in [1.54, 1.807) is 0 Å². The van der Waals surface area contributed by atoms with Crippen LogP contribution in [0.3, 0.4) is 0 Å². The van der Waals surface area contributed by atoms with E-state index in [1.165, 1.54) is 21.9 Å². The predicted octanol–water partition coefficient (Wildman–Crippen LogP) is 6.41. The minimum absolute atomic E-state index is 0.791. The van der Waals surface area contributed by atoms with Gasteiger partial charge in [0.25, 0.3) is 0 Å². The smallest absolute Gasteiger partial charge is 0.134 e. The quantitative estimate of drug-likeness (QED) is 0.362. The van der Waals surface area contributed by atoms with Gasteiger partial charge in [-0.1, -0.05) is 84.9 Å². The molecule has 0 amide bonds. The second-order valence-electron chi connectivity index (χ2n) is 6.97. The molecule has 0 aliphatic carbocycles. The van der Waals surface area contributed by atoms with Crippen LogP contribution in [0.15, 0.2) is 97.1 Å². The molecule has 0 N–H and O–H groups in total. The second kappa shape index (κ2) is 7.16. The van der Waals surface area contributed by atoms with Gasteiger partial charge in [-0.15, -0.1) is 0 Å². The first-order valence-corrected chi connectivity index (χ1v) is 9.53. The van der Waals surface area contributed by atoms with Gasteiger partial charge in [0.05, 0.1) is 11.0 Å². The van der Waals surface area contributed by atoms with Gasteiger partial charge in [-0.3, -0.25) is 0 Å². The average molecular weight is 360 g/mol. The first-order valence-electron chi connectivity index (χ1n) is 9.53. The van der Waals surface area contributed by atoms with Crippen LogP contribution >= 0.6 is 0 Å². The first-order chi connectivity index (χ1) is 13.9. The van der Waals surface area contributed by atoms with Crippen molar-refractivity contribution in [1.29, 1.82) is 0 Å². The van der Waals surface area contributed by atoms with Crippen LogP contribution < -0.4 is 0 Å². The lowest BCUT2D eigenvalue weighted by Gasteiger charge is -2.09. The molecular weight excluding hydrogens is 340 g/mol. The summed E-state index contributed by atoms with van der Waals surface area (Å²) < 4.78 is 2.29. The summed E-state index contributed by atoms with van der Waals surface area (Å²) in [7, 11) is 0. The highest BCUT2D eigenvalue weighted by molar-refractivity contribution is 5.83. The molecule has 0 fully saturated rings. The highest BCUT2D eigenvalue weighted by Gasteiger charge is 2.09. The third-order valence-electron chi connectivity index (χ3n) is 5.06. The zero-order valence-electron chi connectivity index (χ0n) is 15.5. The van der Waals surface area contributed by atoms with E-state index in [-0.39, 0.29) is 0 Å². The van der Waals surface area contributed by atoms with Crippen molar-refractivity contribution in [2.75, 3.05) is 0 Å². The number of rotatable bonds is 4. The average Bonchev–Trinajstić information content (AvgIpc) is 3.10. The number of nitrogens with zero attached hydrogens (tertiary/aromatic N) is 2. The summed E-state index contributed by atoms with van der Waals surface area (Å²) in [6, 6.07) is 33.9. The van der Waals surface area contributed by atoms with E-state index in [1.807, 2.05) is 12.1 Å². The van der Waals surface area contributed by atoms with Crippen LogP contribution in [0, 0.1) is 0 Å². The summed E-state index contributed by atoms with van der Waals surface area (Å²) >= 11 is 0. The molecule has 4 aromatic carbocycles. The Balaban J connectivity index is 1.57. The van der Waals surface area contributed by atoms with Crippen LogP contribution in [0.4, 0.5) is 0 Å². The number of hydrogen-bond acceptors (Lipinski definition) is 1. The summed E-state index contributed by atoms with van der Waals surface area (Å²) in [5.74, 6) is 0.971. The Morgan fingerprint density at radius 2 is 1.43 bits per heavy atom. The molecule has 2 nitrogen and oxygen atoms in total. The fourth-order valence-electron chi connectivity index (χ4n) is 3.64. The molecule has 0 spiro atoms. The Morgan fingerprint density at radius 1 is 0.679 bits per heavy atom. The maximum atomic E-state index is 4.86. The maximum Gasteiger partial charge on any atom is 0.134 e. The lowest BCUT2D eigenvalue weighted by Crippen LogP contribution is -2.02. The number of aromatic nitrogens is 2. The lowest BCUT2D eigenvalue weighted by molar-refractivity contribution is 0.815. The summed E-state index contributed by atoms with van der Waals surface area (Å²) in [5, 5.41) is 2.54. The molecule has 0 saturated carbocycles. The predicted molar refractivity (Wildman–Crippen MR) is 118 cm³/mol. The normalized spacial score (nSPS) is 11.6. The van der Waals surface area contributed by atoms with Crippen LogP contribution in [-0.2, 0) is 6.54 Å². The molecule has 0 radical (unpaired) electrons. The van der Waals surface area contributed by atoms with Gasteiger partial charge >= 0.3 is 0 Å². The third-order valence-corrected chi connectivity index (χ3v) is 5.06. The maximum absolute atomic E-state index is 4.86. The van der Waals surface area contributed by atoms with E-state index in [9.17, 15) is 0 Å². The summed E-state index contributed by atoms with van der Waals surface area (Å²) in [5.41, 5.74) is 4.63. The number of benzene rings is 4. The Morgan fingerprint density at radius 3 is 2.32 bits per heavy atom. The van der Waals surface area contributed by atoms with Crippen molar-refractivity contribution in [2.24, 2.45) is 0 Å². The minimum Gasteiger partial charge on any atom is -0.320 e. The van der Waals surface area contributed by atoms with Gasteiger partial charge in [-0.05, 0) is 46.2 Å². The van der Waals surface area contributed by atoms with Crippen LogP contribution in [0.1, 0.15) is 17.0 Å². The van der Waals surface area contributed by atoms with Crippen LogP contribution in [0.2, 0.25) is 0 Å². The Hall–Kier alpha value is -3.65. The molecule has 0 saturated heterocycles. The van der Waals surface area contributed by atoms with E-state index < -0.39 is 0 Å². The molecule has 134 valence electrons. The summed E-state index contributed by atoms with van der Waals surface area (Å²) in [6.07, 6.45) is 4.23. The SMILES string of the molecule is C(=Cc1nc2ccccc2n1Cc1ccc2ccccc2c1)c1ccccc1. The number of imidazole rings is 1. The minimum atomic E-state index is 0.791. The molecular formula is C26H20N2.